The van der Waals surface area contributed by atoms with Crippen molar-refractivity contribution in [1.82, 2.24) is 9.78 Å². The van der Waals surface area contributed by atoms with Gasteiger partial charge in [0.15, 0.2) is 5.82 Å². The van der Waals surface area contributed by atoms with E-state index in [4.69, 9.17) is 4.74 Å². The van der Waals surface area contributed by atoms with Gasteiger partial charge in [-0.15, -0.1) is 0 Å². The summed E-state index contributed by atoms with van der Waals surface area (Å²) in [6, 6.07) is 18.1. The van der Waals surface area contributed by atoms with Crippen LogP contribution in [0.25, 0.3) is 5.57 Å². The maximum atomic E-state index is 12.9. The first kappa shape index (κ1) is 17.6. The molecule has 0 atom stereocenters. The summed E-state index contributed by atoms with van der Waals surface area (Å²) in [5.41, 5.74) is 5.26. The fourth-order valence-electron chi connectivity index (χ4n) is 4.17. The van der Waals surface area contributed by atoms with Crippen molar-refractivity contribution in [2.24, 2.45) is 0 Å². The van der Waals surface area contributed by atoms with Crippen LogP contribution in [-0.2, 0) is 17.8 Å². The lowest BCUT2D eigenvalue weighted by Gasteiger charge is -2.17. The number of methoxy groups -OCH3 is 1. The summed E-state index contributed by atoms with van der Waals surface area (Å²) in [6.07, 6.45) is 0.664. The van der Waals surface area contributed by atoms with Gasteiger partial charge in [-0.1, -0.05) is 30.3 Å². The molecule has 0 saturated heterocycles. The number of hydrogen-bond donors (Lipinski definition) is 1. The zero-order valence-electron chi connectivity index (χ0n) is 16.5. The summed E-state index contributed by atoms with van der Waals surface area (Å²) in [7, 11) is 1.67. The highest BCUT2D eigenvalue weighted by Gasteiger charge is 2.26. The van der Waals surface area contributed by atoms with Crippen LogP contribution in [0.1, 0.15) is 18.1 Å². The highest BCUT2D eigenvalue weighted by molar-refractivity contribution is 6.10. The lowest BCUT2D eigenvalue weighted by molar-refractivity contribution is -0.112. The van der Waals surface area contributed by atoms with Gasteiger partial charge >= 0.3 is 0 Å². The topological polar surface area (TPSA) is 59.4 Å². The van der Waals surface area contributed by atoms with Gasteiger partial charge in [-0.2, -0.15) is 5.10 Å². The zero-order valence-corrected chi connectivity index (χ0v) is 16.5. The molecule has 6 heteroatoms. The molecule has 1 aliphatic heterocycles. The Morgan fingerprint density at radius 1 is 1.10 bits per heavy atom. The minimum absolute atomic E-state index is 0.0802. The second-order valence-corrected chi connectivity index (χ2v) is 7.36. The minimum Gasteiger partial charge on any atom is -0.497 e. The second-order valence-electron chi connectivity index (χ2n) is 7.36. The van der Waals surface area contributed by atoms with Crippen molar-refractivity contribution in [1.29, 1.82) is 0 Å². The number of carbonyl (C=O) groups excluding carboxylic acids is 1. The predicted molar refractivity (Wildman–Crippen MR) is 114 cm³/mol. The molecule has 2 aromatic carbocycles. The number of rotatable bonds is 4. The average molecular weight is 386 g/mol. The van der Waals surface area contributed by atoms with E-state index < -0.39 is 0 Å². The quantitative estimate of drug-likeness (QED) is 0.736. The number of benzene rings is 2. The Morgan fingerprint density at radius 2 is 1.97 bits per heavy atom. The van der Waals surface area contributed by atoms with Gasteiger partial charge in [0.05, 0.1) is 13.7 Å². The van der Waals surface area contributed by atoms with Crippen LogP contribution in [0.4, 0.5) is 17.3 Å². The molecule has 3 aromatic rings. The molecule has 1 aromatic heterocycles. The Morgan fingerprint density at radius 3 is 2.79 bits per heavy atom. The summed E-state index contributed by atoms with van der Waals surface area (Å²) in [5, 5.41) is 7.58. The average Bonchev–Trinajstić information content (AvgIpc) is 3.41. The van der Waals surface area contributed by atoms with Gasteiger partial charge in [-0.25, -0.2) is 4.68 Å². The van der Waals surface area contributed by atoms with Gasteiger partial charge in [-0.05, 0) is 35.8 Å². The number of anilines is 3. The molecule has 29 heavy (non-hydrogen) atoms. The minimum atomic E-state index is -0.0802. The number of allylic oxidation sites excluding steroid dienone is 1. The van der Waals surface area contributed by atoms with E-state index in [9.17, 15) is 4.79 Å². The van der Waals surface area contributed by atoms with Crippen LogP contribution < -0.4 is 15.0 Å². The van der Waals surface area contributed by atoms with Crippen molar-refractivity contribution in [2.45, 2.75) is 19.9 Å². The summed E-state index contributed by atoms with van der Waals surface area (Å²) < 4.78 is 7.27. The van der Waals surface area contributed by atoms with E-state index in [1.807, 2.05) is 54.1 Å². The Bertz CT molecular complexity index is 1150. The van der Waals surface area contributed by atoms with E-state index in [1.54, 1.807) is 7.11 Å². The number of nitrogens with one attached hydrogen (secondary N) is 1. The van der Waals surface area contributed by atoms with Crippen LogP contribution in [0.2, 0.25) is 0 Å². The molecule has 2 aliphatic rings. The highest BCUT2D eigenvalue weighted by Crippen LogP contribution is 2.35. The van der Waals surface area contributed by atoms with Crippen molar-refractivity contribution in [3.63, 3.8) is 0 Å². The highest BCUT2D eigenvalue weighted by atomic mass is 16.5. The van der Waals surface area contributed by atoms with E-state index in [0.29, 0.717) is 12.2 Å². The van der Waals surface area contributed by atoms with E-state index in [-0.39, 0.29) is 5.91 Å². The SMILES string of the molecule is COc1cccc(N2CCn3nc(NC(=O)C4=C(C)c5ccccc5C4)cc32)c1. The smallest absolute Gasteiger partial charge is 0.253 e. The number of ether oxygens (including phenoxy) is 1. The molecule has 0 radical (unpaired) electrons. The van der Waals surface area contributed by atoms with Gasteiger partial charge in [-0.3, -0.25) is 4.79 Å². The molecule has 0 fully saturated rings. The van der Waals surface area contributed by atoms with Gasteiger partial charge in [0, 0.05) is 36.4 Å². The lowest BCUT2D eigenvalue weighted by atomic mass is 10.1. The van der Waals surface area contributed by atoms with Gasteiger partial charge < -0.3 is 15.0 Å². The predicted octanol–water partition coefficient (Wildman–Crippen LogP) is 4.01. The number of carbonyl (C=O) groups is 1. The molecule has 2 heterocycles. The molecule has 5 rings (SSSR count). The number of aromatic nitrogens is 2. The first-order valence-electron chi connectivity index (χ1n) is 9.73. The van der Waals surface area contributed by atoms with Crippen molar-refractivity contribution >= 4 is 28.8 Å². The van der Waals surface area contributed by atoms with Crippen LogP contribution in [0.3, 0.4) is 0 Å². The first-order chi connectivity index (χ1) is 14.1. The number of amides is 1. The van der Waals surface area contributed by atoms with E-state index in [1.165, 1.54) is 5.56 Å². The van der Waals surface area contributed by atoms with Crippen molar-refractivity contribution in [3.05, 3.63) is 71.3 Å². The monoisotopic (exact) mass is 386 g/mol. The van der Waals surface area contributed by atoms with E-state index >= 15 is 0 Å². The van der Waals surface area contributed by atoms with Crippen LogP contribution >= 0.6 is 0 Å². The Hall–Kier alpha value is -3.54. The molecule has 0 bridgehead atoms. The molecular weight excluding hydrogens is 364 g/mol. The largest absolute Gasteiger partial charge is 0.497 e. The summed E-state index contributed by atoms with van der Waals surface area (Å²) in [5.74, 6) is 2.28. The molecular formula is C23H22N4O2. The van der Waals surface area contributed by atoms with Crippen molar-refractivity contribution in [3.8, 4) is 5.75 Å². The number of hydrogen-bond acceptors (Lipinski definition) is 4. The number of nitrogens with zero attached hydrogens (tertiary/aromatic N) is 3. The molecule has 6 nitrogen and oxygen atoms in total. The molecule has 0 unspecified atom stereocenters. The summed E-state index contributed by atoms with van der Waals surface area (Å²) in [4.78, 5) is 15.1. The molecule has 1 aliphatic carbocycles. The van der Waals surface area contributed by atoms with Crippen LogP contribution in [0.15, 0.2) is 60.2 Å². The van der Waals surface area contributed by atoms with Crippen LogP contribution in [0, 0.1) is 0 Å². The maximum absolute atomic E-state index is 12.9. The zero-order chi connectivity index (χ0) is 20.0. The number of fused-ring (bicyclic) bond motifs is 2. The van der Waals surface area contributed by atoms with Gasteiger partial charge in [0.25, 0.3) is 5.91 Å². The van der Waals surface area contributed by atoms with Gasteiger partial charge in [0.2, 0.25) is 0 Å². The maximum Gasteiger partial charge on any atom is 0.253 e. The molecule has 0 spiro atoms. The molecule has 1 amide bonds. The fourth-order valence-corrected chi connectivity index (χ4v) is 4.17. The second kappa shape index (κ2) is 6.81. The molecule has 1 N–H and O–H groups in total. The third-order valence-corrected chi connectivity index (χ3v) is 5.69. The molecule has 0 saturated carbocycles. The molecule has 146 valence electrons. The normalized spacial score (nSPS) is 14.8. The lowest BCUT2D eigenvalue weighted by Crippen LogP contribution is -2.16. The van der Waals surface area contributed by atoms with Crippen molar-refractivity contribution in [2.75, 3.05) is 23.9 Å². The fraction of sp³-hybridized carbons (Fsp3) is 0.217. The standard InChI is InChI=1S/C23H22N4O2/c1-15-19-9-4-3-6-16(19)12-20(15)23(28)24-21-14-22-26(10-11-27(22)25-21)17-7-5-8-18(13-17)29-2/h3-9,13-14H,10-12H2,1-2H3,(H,24,25,28). The third kappa shape index (κ3) is 2.97. The Balaban J connectivity index is 1.37. The Kier molecular flexibility index (Phi) is 4.12. The summed E-state index contributed by atoms with van der Waals surface area (Å²) >= 11 is 0. The summed E-state index contributed by atoms with van der Waals surface area (Å²) in [6.45, 7) is 3.62. The van der Waals surface area contributed by atoms with E-state index in [2.05, 4.69) is 27.4 Å². The van der Waals surface area contributed by atoms with Crippen molar-refractivity contribution < 1.29 is 9.53 Å². The first-order valence-corrected chi connectivity index (χ1v) is 9.73. The van der Waals surface area contributed by atoms with E-state index in [0.717, 1.165) is 47.1 Å². The van der Waals surface area contributed by atoms with Crippen LogP contribution in [-0.4, -0.2) is 29.3 Å². The van der Waals surface area contributed by atoms with Crippen LogP contribution in [0.5, 0.6) is 5.75 Å². The third-order valence-electron chi connectivity index (χ3n) is 5.69. The Labute approximate surface area is 169 Å². The van der Waals surface area contributed by atoms with Gasteiger partial charge in [0.1, 0.15) is 11.6 Å².